The smallest absolute Gasteiger partial charge is 0.262 e. The molecular weight excluding hydrogens is 399 g/mol. The summed E-state index contributed by atoms with van der Waals surface area (Å²) in [6.45, 7) is 6.66. The van der Waals surface area contributed by atoms with Gasteiger partial charge in [0.2, 0.25) is 0 Å². The third-order valence-electron chi connectivity index (χ3n) is 5.60. The molecule has 0 atom stereocenters. The van der Waals surface area contributed by atoms with Crippen molar-refractivity contribution in [2.45, 2.75) is 19.9 Å². The Morgan fingerprint density at radius 3 is 2.61 bits per heavy atom. The number of pyridine rings is 1. The van der Waals surface area contributed by atoms with Gasteiger partial charge in [-0.3, -0.25) is 9.69 Å². The molecule has 5 rings (SSSR count). The predicted octanol–water partition coefficient (Wildman–Crippen LogP) is 2.28. The van der Waals surface area contributed by atoms with Crippen LogP contribution in [0.2, 0.25) is 0 Å². The molecule has 0 radical (unpaired) electrons. The number of hydrogen-bond acceptors (Lipinski definition) is 6. The average molecular weight is 422 g/mol. The lowest BCUT2D eigenvalue weighted by atomic mass is 10.1. The van der Waals surface area contributed by atoms with E-state index in [4.69, 9.17) is 4.74 Å². The molecule has 0 spiro atoms. The van der Waals surface area contributed by atoms with Gasteiger partial charge in [0.15, 0.2) is 0 Å². The number of aryl methyl sites for hydroxylation is 2. The summed E-state index contributed by atoms with van der Waals surface area (Å²) in [6.07, 6.45) is 2.64. The van der Waals surface area contributed by atoms with Gasteiger partial charge in [0, 0.05) is 37.9 Å². The van der Waals surface area contributed by atoms with Gasteiger partial charge in [-0.05, 0) is 43.7 Å². The largest absolute Gasteiger partial charge is 0.379 e. The number of morpholine rings is 1. The fourth-order valence-corrected chi connectivity index (χ4v) is 4.06. The molecule has 8 nitrogen and oxygen atoms in total. The van der Waals surface area contributed by atoms with Crippen molar-refractivity contribution >= 4 is 16.7 Å². The first-order valence-corrected chi connectivity index (χ1v) is 10.4. The Bertz CT molecular complexity index is 1290. The van der Waals surface area contributed by atoms with Crippen LogP contribution in [0.3, 0.4) is 0 Å². The Hall–Kier alpha value is -3.17. The van der Waals surface area contributed by atoms with Crippen molar-refractivity contribution in [3.63, 3.8) is 0 Å². The fourth-order valence-electron chi connectivity index (χ4n) is 4.06. The number of ether oxygens (including phenoxy) is 1. The lowest BCUT2D eigenvalue weighted by Gasteiger charge is -2.26. The van der Waals surface area contributed by atoms with Gasteiger partial charge in [0.25, 0.3) is 11.3 Å². The molecule has 4 aromatic rings. The van der Waals surface area contributed by atoms with E-state index in [1.807, 2.05) is 6.07 Å². The van der Waals surface area contributed by atoms with Crippen molar-refractivity contribution in [3.8, 4) is 11.3 Å². The molecule has 0 unspecified atom stereocenters. The predicted molar refractivity (Wildman–Crippen MR) is 115 cm³/mol. The normalized spacial score (nSPS) is 15.2. The average Bonchev–Trinajstić information content (AvgIpc) is 3.15. The van der Waals surface area contributed by atoms with Crippen LogP contribution in [0.5, 0.6) is 0 Å². The highest BCUT2D eigenvalue weighted by Crippen LogP contribution is 2.26. The Morgan fingerprint density at radius 1 is 1.06 bits per heavy atom. The summed E-state index contributed by atoms with van der Waals surface area (Å²) < 4.78 is 22.2. The quantitative estimate of drug-likeness (QED) is 0.491. The van der Waals surface area contributed by atoms with Crippen molar-refractivity contribution in [1.29, 1.82) is 0 Å². The number of halogens is 1. The van der Waals surface area contributed by atoms with E-state index in [1.165, 1.54) is 12.1 Å². The maximum Gasteiger partial charge on any atom is 0.262 e. The van der Waals surface area contributed by atoms with E-state index in [1.54, 1.807) is 34.3 Å². The Kier molecular flexibility index (Phi) is 5.21. The second-order valence-corrected chi connectivity index (χ2v) is 7.72. The van der Waals surface area contributed by atoms with E-state index in [-0.39, 0.29) is 11.4 Å². The lowest BCUT2D eigenvalue weighted by Crippen LogP contribution is -2.37. The number of nitrogens with zero attached hydrogens (tertiary/aromatic N) is 6. The number of fused-ring (bicyclic) bond motifs is 2. The fraction of sp³-hybridized carbons (Fsp3) is 0.364. The second kappa shape index (κ2) is 8.16. The Labute approximate surface area is 177 Å². The molecule has 4 heterocycles. The third-order valence-corrected chi connectivity index (χ3v) is 5.60. The standard InChI is InChI=1S/C22H23FN6O2/c1-15-24-22-25-18-7-10-28(9-2-8-27-11-13-31-14-12-27)21(30)19(18)20(29(22)26-15)16-3-5-17(23)6-4-16/h3-7,10H,2,8-9,11-14H2,1H3. The van der Waals surface area contributed by atoms with Gasteiger partial charge in [-0.15, -0.1) is 5.10 Å². The van der Waals surface area contributed by atoms with E-state index in [0.29, 0.717) is 40.3 Å². The monoisotopic (exact) mass is 422 g/mol. The topological polar surface area (TPSA) is 77.6 Å². The minimum absolute atomic E-state index is 0.138. The van der Waals surface area contributed by atoms with Crippen LogP contribution in [0.25, 0.3) is 27.9 Å². The van der Waals surface area contributed by atoms with Crippen LogP contribution in [-0.4, -0.2) is 61.9 Å². The van der Waals surface area contributed by atoms with Crippen LogP contribution < -0.4 is 5.56 Å². The summed E-state index contributed by atoms with van der Waals surface area (Å²) in [6, 6.07) is 7.88. The van der Waals surface area contributed by atoms with E-state index in [0.717, 1.165) is 39.3 Å². The number of aromatic nitrogens is 5. The first kappa shape index (κ1) is 19.8. The van der Waals surface area contributed by atoms with Crippen LogP contribution in [-0.2, 0) is 11.3 Å². The molecule has 1 aromatic carbocycles. The molecule has 160 valence electrons. The summed E-state index contributed by atoms with van der Waals surface area (Å²) in [5.41, 5.74) is 1.68. The molecule has 1 fully saturated rings. The van der Waals surface area contributed by atoms with Gasteiger partial charge in [-0.1, -0.05) is 0 Å². The number of rotatable bonds is 5. The van der Waals surface area contributed by atoms with Crippen molar-refractivity contribution in [3.05, 3.63) is 58.5 Å². The summed E-state index contributed by atoms with van der Waals surface area (Å²) in [7, 11) is 0. The molecule has 1 aliphatic heterocycles. The first-order chi connectivity index (χ1) is 15.1. The maximum atomic E-state index is 13.5. The molecule has 1 saturated heterocycles. The Balaban J connectivity index is 1.58. The van der Waals surface area contributed by atoms with Crippen molar-refractivity contribution in [2.75, 3.05) is 32.8 Å². The van der Waals surface area contributed by atoms with Crippen molar-refractivity contribution < 1.29 is 9.13 Å². The van der Waals surface area contributed by atoms with Crippen LogP contribution in [0.15, 0.2) is 41.3 Å². The van der Waals surface area contributed by atoms with E-state index >= 15 is 0 Å². The van der Waals surface area contributed by atoms with Crippen LogP contribution in [0.1, 0.15) is 12.2 Å². The molecule has 3 aromatic heterocycles. The summed E-state index contributed by atoms with van der Waals surface area (Å²) in [5.74, 6) is 0.624. The van der Waals surface area contributed by atoms with Gasteiger partial charge in [-0.2, -0.15) is 9.50 Å². The van der Waals surface area contributed by atoms with Crippen LogP contribution in [0, 0.1) is 12.7 Å². The number of benzene rings is 1. The van der Waals surface area contributed by atoms with Gasteiger partial charge in [-0.25, -0.2) is 9.37 Å². The molecule has 31 heavy (non-hydrogen) atoms. The molecule has 0 aliphatic carbocycles. The highest BCUT2D eigenvalue weighted by molar-refractivity contribution is 5.93. The molecule has 0 N–H and O–H groups in total. The highest BCUT2D eigenvalue weighted by Gasteiger charge is 2.18. The maximum absolute atomic E-state index is 13.5. The SMILES string of the molecule is Cc1nc2nc3ccn(CCCN4CCOCC4)c(=O)c3c(-c3ccc(F)cc3)n2n1. The van der Waals surface area contributed by atoms with Crippen LogP contribution in [0.4, 0.5) is 4.39 Å². The molecule has 0 amide bonds. The van der Waals surface area contributed by atoms with E-state index < -0.39 is 0 Å². The molecule has 0 saturated carbocycles. The lowest BCUT2D eigenvalue weighted by molar-refractivity contribution is 0.0369. The van der Waals surface area contributed by atoms with Crippen molar-refractivity contribution in [2.24, 2.45) is 0 Å². The number of hydrogen-bond donors (Lipinski definition) is 0. The van der Waals surface area contributed by atoms with E-state index in [9.17, 15) is 9.18 Å². The zero-order chi connectivity index (χ0) is 21.4. The molecular formula is C22H23FN6O2. The van der Waals surface area contributed by atoms with Gasteiger partial charge in [0.05, 0.1) is 29.8 Å². The zero-order valence-corrected chi connectivity index (χ0v) is 17.3. The minimum atomic E-state index is -0.339. The highest BCUT2D eigenvalue weighted by atomic mass is 19.1. The zero-order valence-electron chi connectivity index (χ0n) is 17.3. The Morgan fingerprint density at radius 2 is 1.84 bits per heavy atom. The van der Waals surface area contributed by atoms with Gasteiger partial charge < -0.3 is 9.30 Å². The van der Waals surface area contributed by atoms with E-state index in [2.05, 4.69) is 20.0 Å². The summed E-state index contributed by atoms with van der Waals surface area (Å²) in [4.78, 5) is 24.7. The summed E-state index contributed by atoms with van der Waals surface area (Å²) in [5, 5.41) is 4.90. The van der Waals surface area contributed by atoms with Gasteiger partial charge >= 0.3 is 0 Å². The molecule has 1 aliphatic rings. The minimum Gasteiger partial charge on any atom is -0.379 e. The third kappa shape index (κ3) is 3.82. The molecule has 9 heteroatoms. The van der Waals surface area contributed by atoms with Crippen LogP contribution >= 0.6 is 0 Å². The van der Waals surface area contributed by atoms with Crippen molar-refractivity contribution in [1.82, 2.24) is 29.0 Å². The first-order valence-electron chi connectivity index (χ1n) is 10.4. The second-order valence-electron chi connectivity index (χ2n) is 7.72. The van der Waals surface area contributed by atoms with Gasteiger partial charge in [0.1, 0.15) is 11.6 Å². The molecule has 0 bridgehead atoms. The summed E-state index contributed by atoms with van der Waals surface area (Å²) >= 11 is 0.